The minimum Gasteiger partial charge on any atom is -0.393 e. The Balaban J connectivity index is 1.04. The summed E-state index contributed by atoms with van der Waals surface area (Å²) in [6.07, 6.45) is 11.2. The summed E-state index contributed by atoms with van der Waals surface area (Å²) in [7, 11) is 0. The summed E-state index contributed by atoms with van der Waals surface area (Å²) in [5, 5.41) is 14.2. The average Bonchev–Trinajstić information content (AvgIpc) is 3.66. The summed E-state index contributed by atoms with van der Waals surface area (Å²) in [4.78, 5) is 29.3. The van der Waals surface area contributed by atoms with E-state index in [-0.39, 0.29) is 41.0 Å². The lowest BCUT2D eigenvalue weighted by molar-refractivity contribution is -0.159. The van der Waals surface area contributed by atoms with Crippen molar-refractivity contribution >= 4 is 11.8 Å². The number of fused-ring (bicyclic) bond motifs is 4. The van der Waals surface area contributed by atoms with Gasteiger partial charge in [0.1, 0.15) is 6.04 Å². The van der Waals surface area contributed by atoms with E-state index in [2.05, 4.69) is 26.1 Å². The molecule has 0 aromatic heterocycles. The van der Waals surface area contributed by atoms with Gasteiger partial charge in [0.15, 0.2) is 0 Å². The first kappa shape index (κ1) is 32.5. The molecule has 6 fully saturated rings. The molecule has 2 aromatic carbocycles. The zero-order valence-corrected chi connectivity index (χ0v) is 29.5. The summed E-state index contributed by atoms with van der Waals surface area (Å²) in [5.41, 5.74) is 3.20. The second kappa shape index (κ2) is 11.7. The zero-order valence-electron chi connectivity index (χ0n) is 29.5. The summed E-state index contributed by atoms with van der Waals surface area (Å²) < 4.78 is 7.16. The Kier molecular flexibility index (Phi) is 7.91. The van der Waals surface area contributed by atoms with Crippen LogP contribution in [0, 0.1) is 45.3 Å². The van der Waals surface area contributed by atoms with Gasteiger partial charge in [0.2, 0.25) is 11.8 Å². The first-order chi connectivity index (χ1) is 23.0. The van der Waals surface area contributed by atoms with Crippen LogP contribution in [0.15, 0.2) is 60.7 Å². The van der Waals surface area contributed by atoms with E-state index >= 15 is 0 Å². The number of carbonyl (C=O) groups is 2. The lowest BCUT2D eigenvalue weighted by Crippen LogP contribution is -2.57. The van der Waals surface area contributed by atoms with Crippen LogP contribution in [0.25, 0.3) is 0 Å². The van der Waals surface area contributed by atoms with E-state index in [4.69, 9.17) is 4.74 Å². The number of hydrogen-bond donors (Lipinski definition) is 2. The van der Waals surface area contributed by atoms with Crippen molar-refractivity contribution in [3.05, 3.63) is 71.8 Å². The quantitative estimate of drug-likeness (QED) is 0.330. The number of carbonyl (C=O) groups excluding carboxylic acids is 2. The van der Waals surface area contributed by atoms with Crippen LogP contribution in [0.4, 0.5) is 0 Å². The van der Waals surface area contributed by atoms with Crippen molar-refractivity contribution in [3.63, 3.8) is 0 Å². The van der Waals surface area contributed by atoms with Crippen LogP contribution >= 0.6 is 0 Å². The second-order valence-corrected chi connectivity index (χ2v) is 17.6. The molecule has 8 rings (SSSR count). The summed E-state index contributed by atoms with van der Waals surface area (Å²) in [6.45, 7) is 9.66. The summed E-state index contributed by atoms with van der Waals surface area (Å²) in [5.74, 6) is 2.29. The number of hydrogen-bond acceptors (Lipinski definition) is 4. The molecule has 5 saturated carbocycles. The minimum atomic E-state index is -0.688. The smallest absolute Gasteiger partial charge is 0.245 e. The van der Waals surface area contributed by atoms with Crippen LogP contribution in [0.1, 0.15) is 103 Å². The number of nitrogens with zero attached hydrogens (tertiary/aromatic N) is 1. The second-order valence-electron chi connectivity index (χ2n) is 17.6. The average molecular weight is 653 g/mol. The maximum absolute atomic E-state index is 14.2. The molecule has 0 bridgehead atoms. The van der Waals surface area contributed by atoms with Gasteiger partial charge in [0.25, 0.3) is 0 Å². The molecule has 6 nitrogen and oxygen atoms in total. The molecular formula is C42H56N2O4. The monoisotopic (exact) mass is 652 g/mol. The third-order valence-corrected chi connectivity index (χ3v) is 15.5. The van der Waals surface area contributed by atoms with E-state index in [0.29, 0.717) is 41.7 Å². The predicted molar refractivity (Wildman–Crippen MR) is 186 cm³/mol. The van der Waals surface area contributed by atoms with Crippen LogP contribution in [0.3, 0.4) is 0 Å². The molecule has 1 aliphatic heterocycles. The van der Waals surface area contributed by atoms with Crippen LogP contribution in [-0.2, 0) is 27.4 Å². The highest BCUT2D eigenvalue weighted by molar-refractivity contribution is 5.87. The summed E-state index contributed by atoms with van der Waals surface area (Å²) in [6, 6.07) is 19.3. The van der Waals surface area contributed by atoms with Crippen molar-refractivity contribution in [2.45, 2.75) is 129 Å². The highest BCUT2D eigenvalue weighted by atomic mass is 16.5. The Bertz CT molecular complexity index is 1530. The largest absolute Gasteiger partial charge is 0.393 e. The normalized spacial score (nSPS) is 41.0. The van der Waals surface area contributed by atoms with Gasteiger partial charge in [-0.05, 0) is 121 Å². The predicted octanol–water partition coefficient (Wildman–Crippen LogP) is 7.29. The fourth-order valence-corrected chi connectivity index (χ4v) is 13.1. The molecule has 2 N–H and O–H groups in total. The standard InChI is InChI=1S/C42H56N2O4/c1-27(45)44(25-29-13-9-6-10-14-29)37(38(47)43-24-28-11-7-5-8-12-28)33-17-15-31-34(48-33)23-32-30-16-18-35-39(2,3)36(46)19-20-42(35)26-41(30,42)22-21-40(31,32)4/h5-14,30-37,46H,15-26H2,1-4H3,(H,43,47)/t30?,31?,32?,33?,34?,35?,36-,37?,40?,41-,42?/m0/s1. The van der Waals surface area contributed by atoms with Crippen LogP contribution in [-0.4, -0.2) is 46.2 Å². The molecule has 2 spiro atoms. The van der Waals surface area contributed by atoms with Gasteiger partial charge in [-0.25, -0.2) is 0 Å². The van der Waals surface area contributed by atoms with Crippen LogP contribution < -0.4 is 5.32 Å². The highest BCUT2D eigenvalue weighted by Crippen LogP contribution is 2.87. The summed E-state index contributed by atoms with van der Waals surface area (Å²) >= 11 is 0. The molecule has 2 aromatic rings. The first-order valence-electron chi connectivity index (χ1n) is 19.0. The molecule has 258 valence electrons. The van der Waals surface area contributed by atoms with Gasteiger partial charge >= 0.3 is 0 Å². The molecule has 6 heteroatoms. The molecule has 6 aliphatic rings. The highest BCUT2D eigenvalue weighted by Gasteiger charge is 2.80. The Hall–Kier alpha value is -2.70. The van der Waals surface area contributed by atoms with Gasteiger partial charge < -0.3 is 20.1 Å². The number of rotatable bonds is 7. The van der Waals surface area contributed by atoms with E-state index in [9.17, 15) is 14.7 Å². The van der Waals surface area contributed by atoms with E-state index in [1.54, 1.807) is 11.8 Å². The van der Waals surface area contributed by atoms with Crippen molar-refractivity contribution in [2.24, 2.45) is 45.3 Å². The lowest BCUT2D eigenvalue weighted by Gasteiger charge is -2.59. The Morgan fingerprint density at radius 1 is 0.854 bits per heavy atom. The SMILES string of the molecule is CC(=O)N(Cc1ccccc1)C(C(=O)NCc1ccccc1)C1CCC2C(CC3C4CCC5C(C)(C)[C@@H](O)CCC56C[C@@]46CCC23C)O1. The molecular weight excluding hydrogens is 596 g/mol. The molecule has 9 unspecified atom stereocenters. The van der Waals surface area contributed by atoms with Crippen molar-refractivity contribution in [3.8, 4) is 0 Å². The van der Waals surface area contributed by atoms with Crippen molar-refractivity contribution in [2.75, 3.05) is 0 Å². The van der Waals surface area contributed by atoms with Crippen molar-refractivity contribution < 1.29 is 19.4 Å². The van der Waals surface area contributed by atoms with Crippen molar-refractivity contribution in [1.29, 1.82) is 0 Å². The Morgan fingerprint density at radius 3 is 2.25 bits per heavy atom. The van der Waals surface area contributed by atoms with Gasteiger partial charge in [-0.15, -0.1) is 0 Å². The number of benzene rings is 2. The minimum absolute atomic E-state index is 0.00585. The lowest BCUT2D eigenvalue weighted by atomic mass is 9.46. The zero-order chi connectivity index (χ0) is 33.5. The molecule has 2 amide bonds. The first-order valence-corrected chi connectivity index (χ1v) is 19.0. The third kappa shape index (κ3) is 4.86. The Labute approximate surface area is 287 Å². The fraction of sp³-hybridized carbons (Fsp3) is 0.667. The molecule has 1 saturated heterocycles. The van der Waals surface area contributed by atoms with Crippen molar-refractivity contribution in [1.82, 2.24) is 10.2 Å². The van der Waals surface area contributed by atoms with E-state index in [1.807, 2.05) is 60.7 Å². The number of ether oxygens (including phenoxy) is 1. The van der Waals surface area contributed by atoms with Crippen LogP contribution in [0.2, 0.25) is 0 Å². The molecule has 48 heavy (non-hydrogen) atoms. The van der Waals surface area contributed by atoms with Gasteiger partial charge in [-0.3, -0.25) is 9.59 Å². The van der Waals surface area contributed by atoms with Crippen LogP contribution in [0.5, 0.6) is 0 Å². The molecule has 5 aliphatic carbocycles. The van der Waals surface area contributed by atoms with E-state index in [1.165, 1.54) is 38.5 Å². The number of nitrogens with one attached hydrogen (secondary N) is 1. The third-order valence-electron chi connectivity index (χ3n) is 15.5. The maximum atomic E-state index is 14.2. The maximum Gasteiger partial charge on any atom is 0.245 e. The van der Waals surface area contributed by atoms with Gasteiger partial charge in [0, 0.05) is 20.0 Å². The van der Waals surface area contributed by atoms with Gasteiger partial charge in [-0.1, -0.05) is 81.4 Å². The fourth-order valence-electron chi connectivity index (χ4n) is 13.1. The van der Waals surface area contributed by atoms with E-state index < -0.39 is 6.04 Å². The van der Waals surface area contributed by atoms with Gasteiger partial charge in [0.05, 0.1) is 18.3 Å². The molecule has 1 heterocycles. The number of aliphatic hydroxyl groups is 1. The molecule has 0 radical (unpaired) electrons. The molecule has 11 atom stereocenters. The number of amides is 2. The van der Waals surface area contributed by atoms with Gasteiger partial charge in [-0.2, -0.15) is 0 Å². The Morgan fingerprint density at radius 2 is 1.54 bits per heavy atom. The topological polar surface area (TPSA) is 78.9 Å². The van der Waals surface area contributed by atoms with E-state index in [0.717, 1.165) is 42.7 Å². The number of aliphatic hydroxyl groups excluding tert-OH is 1.